The van der Waals surface area contributed by atoms with E-state index in [0.29, 0.717) is 42.9 Å². The van der Waals surface area contributed by atoms with Crippen LogP contribution in [-0.4, -0.2) is 12.4 Å². The highest BCUT2D eigenvalue weighted by atomic mass is 19.4. The average Bonchev–Trinajstić information content (AvgIpc) is 3.15. The molecular weight excluding hydrogens is 330 g/mol. The van der Waals surface area contributed by atoms with Gasteiger partial charge >= 0.3 is 12.4 Å². The highest BCUT2D eigenvalue weighted by molar-refractivity contribution is 5.16. The number of alkyl halides is 6. The van der Waals surface area contributed by atoms with Gasteiger partial charge in [0.15, 0.2) is 5.41 Å². The molecule has 0 spiro atoms. The quantitative estimate of drug-likeness (QED) is 0.404. The first-order valence-electron chi connectivity index (χ1n) is 9.03. The van der Waals surface area contributed by atoms with Gasteiger partial charge in [0.2, 0.25) is 0 Å². The summed E-state index contributed by atoms with van der Waals surface area (Å²) in [5.74, 6) is 0.683. The van der Waals surface area contributed by atoms with E-state index < -0.39 is 29.6 Å². The van der Waals surface area contributed by atoms with E-state index >= 15 is 0 Å². The van der Waals surface area contributed by atoms with Crippen molar-refractivity contribution in [2.75, 3.05) is 0 Å². The number of hydrogen-bond donors (Lipinski definition) is 0. The number of hydrogen-bond acceptors (Lipinski definition) is 0. The largest absolute Gasteiger partial charge is 0.403 e. The Morgan fingerprint density at radius 3 is 1.67 bits per heavy atom. The zero-order valence-electron chi connectivity index (χ0n) is 14.1. The monoisotopic (exact) mass is 354 g/mol. The highest BCUT2D eigenvalue weighted by Gasteiger charge is 2.77. The Labute approximate surface area is 138 Å². The summed E-state index contributed by atoms with van der Waals surface area (Å²) in [6, 6.07) is 0. The molecule has 0 saturated heterocycles. The van der Waals surface area contributed by atoms with Crippen molar-refractivity contribution in [2.45, 2.75) is 52.4 Å². The van der Waals surface area contributed by atoms with Crippen LogP contribution < -0.4 is 0 Å². The third kappa shape index (κ3) is 1.78. The first kappa shape index (κ1) is 17.0. The zero-order chi connectivity index (χ0) is 17.8. The fourth-order valence-electron chi connectivity index (χ4n) is 7.47. The summed E-state index contributed by atoms with van der Waals surface area (Å²) >= 11 is 0. The summed E-state index contributed by atoms with van der Waals surface area (Å²) in [5.41, 5.74) is -3.57. The van der Waals surface area contributed by atoms with Crippen LogP contribution in [0.2, 0.25) is 0 Å². The second-order valence-corrected chi connectivity index (χ2v) is 9.14. The molecule has 9 unspecified atom stereocenters. The minimum atomic E-state index is -5.24. The molecule has 0 aliphatic heterocycles. The van der Waals surface area contributed by atoms with Gasteiger partial charge in [-0.25, -0.2) is 0 Å². The predicted molar refractivity (Wildman–Crippen MR) is 76.8 cm³/mol. The molecule has 4 fully saturated rings. The minimum absolute atomic E-state index is 0.0685. The van der Waals surface area contributed by atoms with Gasteiger partial charge in [0, 0.05) is 0 Å². The van der Waals surface area contributed by atoms with E-state index in [1.165, 1.54) is 0 Å². The van der Waals surface area contributed by atoms with Gasteiger partial charge in [-0.05, 0) is 79.4 Å². The Morgan fingerprint density at radius 1 is 0.667 bits per heavy atom. The second kappa shape index (κ2) is 4.64. The maximum Gasteiger partial charge on any atom is 0.403 e. The SMILES string of the molecule is CC1C(C)C2CC1C1C3CC(C21)C(C(C)(C(F)(F)F)C(F)(F)F)C3. The van der Waals surface area contributed by atoms with Crippen molar-refractivity contribution in [2.24, 2.45) is 58.7 Å². The smallest absolute Gasteiger partial charge is 0.170 e. The van der Waals surface area contributed by atoms with Crippen LogP contribution in [0.5, 0.6) is 0 Å². The van der Waals surface area contributed by atoms with Crippen LogP contribution >= 0.6 is 0 Å². The van der Waals surface area contributed by atoms with Crippen molar-refractivity contribution in [3.05, 3.63) is 0 Å². The van der Waals surface area contributed by atoms with Gasteiger partial charge in [-0.1, -0.05) is 13.8 Å². The summed E-state index contributed by atoms with van der Waals surface area (Å²) in [5, 5.41) is 0. The molecular formula is C18H24F6. The first-order valence-corrected chi connectivity index (χ1v) is 9.03. The van der Waals surface area contributed by atoms with E-state index in [4.69, 9.17) is 0 Å². The molecule has 0 N–H and O–H groups in total. The van der Waals surface area contributed by atoms with Crippen LogP contribution in [0.1, 0.15) is 40.0 Å². The summed E-state index contributed by atoms with van der Waals surface area (Å²) in [6.45, 7) is 4.76. The molecule has 24 heavy (non-hydrogen) atoms. The van der Waals surface area contributed by atoms with Crippen molar-refractivity contribution < 1.29 is 26.3 Å². The van der Waals surface area contributed by atoms with Crippen LogP contribution in [0, 0.1) is 58.7 Å². The molecule has 138 valence electrons. The van der Waals surface area contributed by atoms with E-state index in [1.807, 2.05) is 0 Å². The molecule has 0 heterocycles. The molecule has 0 aromatic rings. The number of halogens is 6. The Balaban J connectivity index is 1.70. The lowest BCUT2D eigenvalue weighted by Gasteiger charge is -2.49. The van der Waals surface area contributed by atoms with Crippen LogP contribution in [0.15, 0.2) is 0 Å². The molecule has 0 aromatic heterocycles. The van der Waals surface area contributed by atoms with Crippen molar-refractivity contribution in [1.29, 1.82) is 0 Å². The maximum absolute atomic E-state index is 13.5. The normalized spacial score (nSPS) is 50.6. The van der Waals surface area contributed by atoms with E-state index in [0.717, 1.165) is 6.42 Å². The van der Waals surface area contributed by atoms with Crippen molar-refractivity contribution in [1.82, 2.24) is 0 Å². The molecule has 6 heteroatoms. The van der Waals surface area contributed by atoms with Crippen molar-refractivity contribution >= 4 is 0 Å². The standard InChI is InChI=1S/C18H24F6/c1-7-8(2)11-6-10(7)14-9-4-12(15(11)14)13(5-9)16(3,17(19,20)21)18(22,23)24/h7-15H,4-6H2,1-3H3. The lowest BCUT2D eigenvalue weighted by atomic mass is 9.57. The van der Waals surface area contributed by atoms with E-state index in [-0.39, 0.29) is 18.3 Å². The fraction of sp³-hybridized carbons (Fsp3) is 1.00. The maximum atomic E-state index is 13.5. The molecule has 4 rings (SSSR count). The van der Waals surface area contributed by atoms with Crippen molar-refractivity contribution in [3.8, 4) is 0 Å². The van der Waals surface area contributed by atoms with Crippen LogP contribution in [-0.2, 0) is 0 Å². The van der Waals surface area contributed by atoms with Gasteiger partial charge in [0.1, 0.15) is 0 Å². The summed E-state index contributed by atoms with van der Waals surface area (Å²) in [7, 11) is 0. The molecule has 0 radical (unpaired) electrons. The summed E-state index contributed by atoms with van der Waals surface area (Å²) in [6.07, 6.45) is -8.79. The van der Waals surface area contributed by atoms with Crippen LogP contribution in [0.3, 0.4) is 0 Å². The number of rotatable bonds is 1. The van der Waals surface area contributed by atoms with E-state index in [1.54, 1.807) is 0 Å². The predicted octanol–water partition coefficient (Wildman–Crippen LogP) is 5.93. The lowest BCUT2D eigenvalue weighted by Crippen LogP contribution is -2.56. The van der Waals surface area contributed by atoms with Crippen LogP contribution in [0.4, 0.5) is 26.3 Å². The molecule has 0 aromatic carbocycles. The molecule has 4 saturated carbocycles. The topological polar surface area (TPSA) is 0 Å². The summed E-state index contributed by atoms with van der Waals surface area (Å²) < 4.78 is 81.2. The lowest BCUT2D eigenvalue weighted by molar-refractivity contribution is -0.358. The Kier molecular flexibility index (Phi) is 3.29. The van der Waals surface area contributed by atoms with E-state index in [9.17, 15) is 26.3 Å². The molecule has 4 aliphatic rings. The number of fused-ring (bicyclic) bond motifs is 9. The third-order valence-electron chi connectivity index (χ3n) is 8.76. The highest BCUT2D eigenvalue weighted by Crippen LogP contribution is 2.75. The van der Waals surface area contributed by atoms with Crippen LogP contribution in [0.25, 0.3) is 0 Å². The Bertz CT molecular complexity index is 521. The minimum Gasteiger partial charge on any atom is -0.170 e. The first-order chi connectivity index (χ1) is 10.9. The average molecular weight is 354 g/mol. The Morgan fingerprint density at radius 2 is 1.17 bits per heavy atom. The van der Waals surface area contributed by atoms with Gasteiger partial charge in [-0.15, -0.1) is 0 Å². The third-order valence-corrected chi connectivity index (χ3v) is 8.76. The van der Waals surface area contributed by atoms with Crippen molar-refractivity contribution in [3.63, 3.8) is 0 Å². The molecule has 4 bridgehead atoms. The molecule has 4 aliphatic carbocycles. The van der Waals surface area contributed by atoms with Gasteiger partial charge < -0.3 is 0 Å². The van der Waals surface area contributed by atoms with E-state index in [2.05, 4.69) is 13.8 Å². The van der Waals surface area contributed by atoms with Gasteiger partial charge in [0.05, 0.1) is 0 Å². The van der Waals surface area contributed by atoms with Gasteiger partial charge in [-0.2, -0.15) is 26.3 Å². The summed E-state index contributed by atoms with van der Waals surface area (Å²) in [4.78, 5) is 0. The Hall–Kier alpha value is -0.420. The van der Waals surface area contributed by atoms with Gasteiger partial charge in [-0.3, -0.25) is 0 Å². The fourth-order valence-corrected chi connectivity index (χ4v) is 7.47. The zero-order valence-corrected chi connectivity index (χ0v) is 14.1. The second-order valence-electron chi connectivity index (χ2n) is 9.14. The van der Waals surface area contributed by atoms with Gasteiger partial charge in [0.25, 0.3) is 0 Å². The molecule has 9 atom stereocenters. The molecule has 0 nitrogen and oxygen atoms in total. The molecule has 0 amide bonds.